The van der Waals surface area contributed by atoms with Gasteiger partial charge in [0, 0.05) is 4.47 Å². The quantitative estimate of drug-likeness (QED) is 0.710. The SMILES string of the molecule is Brc1ccc(CC(Br)Br)cc1. The lowest BCUT2D eigenvalue weighted by Crippen LogP contribution is -1.91. The lowest BCUT2D eigenvalue weighted by Gasteiger charge is -2.01. The van der Waals surface area contributed by atoms with Crippen LogP contribution in [0.4, 0.5) is 0 Å². The Kier molecular flexibility index (Phi) is 4.10. The predicted molar refractivity (Wildman–Crippen MR) is 59.5 cm³/mol. The van der Waals surface area contributed by atoms with E-state index >= 15 is 0 Å². The Morgan fingerprint density at radius 2 is 1.64 bits per heavy atom. The fraction of sp³-hybridized carbons (Fsp3) is 0.250. The van der Waals surface area contributed by atoms with Gasteiger partial charge in [-0.05, 0) is 24.1 Å². The Morgan fingerprint density at radius 3 is 2.09 bits per heavy atom. The average Bonchev–Trinajstić information content (AvgIpc) is 1.93. The third kappa shape index (κ3) is 3.72. The van der Waals surface area contributed by atoms with Crippen LogP contribution in [0.25, 0.3) is 0 Å². The van der Waals surface area contributed by atoms with E-state index in [0.29, 0.717) is 3.74 Å². The largest absolute Gasteiger partial charge is 0.0761 e. The number of halogens is 3. The van der Waals surface area contributed by atoms with Gasteiger partial charge in [0.15, 0.2) is 0 Å². The van der Waals surface area contributed by atoms with Gasteiger partial charge in [-0.15, -0.1) is 0 Å². The topological polar surface area (TPSA) is 0 Å². The van der Waals surface area contributed by atoms with Crippen molar-refractivity contribution in [2.45, 2.75) is 10.2 Å². The van der Waals surface area contributed by atoms with Crippen molar-refractivity contribution in [2.75, 3.05) is 0 Å². The summed E-state index contributed by atoms with van der Waals surface area (Å²) >= 11 is 10.3. The van der Waals surface area contributed by atoms with E-state index in [-0.39, 0.29) is 0 Å². The van der Waals surface area contributed by atoms with Gasteiger partial charge in [-0.1, -0.05) is 59.9 Å². The molecular weight excluding hydrogens is 336 g/mol. The molecule has 0 bridgehead atoms. The average molecular weight is 343 g/mol. The summed E-state index contributed by atoms with van der Waals surface area (Å²) in [6, 6.07) is 8.33. The van der Waals surface area contributed by atoms with E-state index < -0.39 is 0 Å². The molecule has 0 N–H and O–H groups in total. The van der Waals surface area contributed by atoms with E-state index in [2.05, 4.69) is 72.1 Å². The summed E-state index contributed by atoms with van der Waals surface area (Å²) < 4.78 is 1.50. The number of benzene rings is 1. The van der Waals surface area contributed by atoms with Crippen molar-refractivity contribution in [3.05, 3.63) is 34.3 Å². The zero-order valence-corrected chi connectivity index (χ0v) is 10.5. The maximum absolute atomic E-state index is 3.43. The van der Waals surface area contributed by atoms with E-state index in [1.807, 2.05) is 0 Å². The van der Waals surface area contributed by atoms with Gasteiger partial charge in [0.2, 0.25) is 0 Å². The van der Waals surface area contributed by atoms with Crippen molar-refractivity contribution >= 4 is 47.8 Å². The number of rotatable bonds is 2. The van der Waals surface area contributed by atoms with Crippen LogP contribution in [-0.2, 0) is 6.42 Å². The zero-order valence-electron chi connectivity index (χ0n) is 5.73. The molecular formula is C8H7Br3. The maximum Gasteiger partial charge on any atom is 0.0738 e. The fourth-order valence-corrected chi connectivity index (χ4v) is 1.81. The molecule has 0 spiro atoms. The molecule has 0 radical (unpaired) electrons. The van der Waals surface area contributed by atoms with Crippen LogP contribution in [0.5, 0.6) is 0 Å². The van der Waals surface area contributed by atoms with Gasteiger partial charge in [-0.3, -0.25) is 0 Å². The number of alkyl halides is 2. The third-order valence-corrected chi connectivity index (χ3v) is 2.48. The first-order chi connectivity index (χ1) is 5.18. The lowest BCUT2D eigenvalue weighted by molar-refractivity contribution is 1.13. The molecule has 0 saturated carbocycles. The van der Waals surface area contributed by atoms with Gasteiger partial charge < -0.3 is 0 Å². The number of hydrogen-bond acceptors (Lipinski definition) is 0. The molecule has 0 saturated heterocycles. The highest BCUT2D eigenvalue weighted by molar-refractivity contribution is 9.24. The van der Waals surface area contributed by atoms with Crippen LogP contribution >= 0.6 is 47.8 Å². The molecule has 3 heteroatoms. The van der Waals surface area contributed by atoms with Crippen molar-refractivity contribution < 1.29 is 0 Å². The molecule has 0 nitrogen and oxygen atoms in total. The second kappa shape index (κ2) is 4.63. The minimum Gasteiger partial charge on any atom is -0.0761 e. The standard InChI is InChI=1S/C8H7Br3/c9-7-3-1-6(2-4-7)5-8(10)11/h1-4,8H,5H2. The van der Waals surface area contributed by atoms with E-state index in [1.165, 1.54) is 5.56 Å². The van der Waals surface area contributed by atoms with E-state index in [9.17, 15) is 0 Å². The third-order valence-electron chi connectivity index (χ3n) is 1.30. The molecule has 0 atom stereocenters. The maximum atomic E-state index is 3.43. The Labute approximate surface area is 91.8 Å². The molecule has 60 valence electrons. The summed E-state index contributed by atoms with van der Waals surface area (Å²) in [6.07, 6.45) is 1.01. The molecule has 0 heterocycles. The van der Waals surface area contributed by atoms with Crippen molar-refractivity contribution in [1.82, 2.24) is 0 Å². The number of hydrogen-bond donors (Lipinski definition) is 0. The molecule has 1 aromatic carbocycles. The smallest absolute Gasteiger partial charge is 0.0738 e. The second-order valence-electron chi connectivity index (χ2n) is 2.22. The fourth-order valence-electron chi connectivity index (χ4n) is 0.799. The van der Waals surface area contributed by atoms with Crippen LogP contribution in [0.2, 0.25) is 0 Å². The van der Waals surface area contributed by atoms with E-state index in [1.54, 1.807) is 0 Å². The molecule has 0 aliphatic carbocycles. The van der Waals surface area contributed by atoms with E-state index in [4.69, 9.17) is 0 Å². The highest BCUT2D eigenvalue weighted by Crippen LogP contribution is 2.17. The van der Waals surface area contributed by atoms with Gasteiger partial charge in [-0.25, -0.2) is 0 Å². The van der Waals surface area contributed by atoms with Crippen LogP contribution < -0.4 is 0 Å². The highest BCUT2D eigenvalue weighted by Gasteiger charge is 1.98. The van der Waals surface area contributed by atoms with Crippen molar-refractivity contribution in [3.8, 4) is 0 Å². The molecule has 0 aliphatic heterocycles. The molecule has 0 amide bonds. The first-order valence-electron chi connectivity index (χ1n) is 3.21. The lowest BCUT2D eigenvalue weighted by atomic mass is 10.2. The first kappa shape index (κ1) is 9.75. The monoisotopic (exact) mass is 340 g/mol. The minimum absolute atomic E-state index is 0.371. The first-order valence-corrected chi connectivity index (χ1v) is 5.83. The van der Waals surface area contributed by atoms with Gasteiger partial charge in [-0.2, -0.15) is 0 Å². The van der Waals surface area contributed by atoms with Crippen molar-refractivity contribution in [1.29, 1.82) is 0 Å². The molecule has 1 rings (SSSR count). The second-order valence-corrected chi connectivity index (χ2v) is 6.58. The van der Waals surface area contributed by atoms with Crippen LogP contribution in [-0.4, -0.2) is 3.74 Å². The van der Waals surface area contributed by atoms with Crippen molar-refractivity contribution in [2.24, 2.45) is 0 Å². The van der Waals surface area contributed by atoms with Gasteiger partial charge in [0.05, 0.1) is 3.74 Å². The summed E-state index contributed by atoms with van der Waals surface area (Å²) in [5.41, 5.74) is 1.33. The molecule has 1 aromatic rings. The van der Waals surface area contributed by atoms with Crippen LogP contribution in [0.3, 0.4) is 0 Å². The summed E-state index contributed by atoms with van der Waals surface area (Å²) in [6.45, 7) is 0. The molecule has 0 aromatic heterocycles. The van der Waals surface area contributed by atoms with Gasteiger partial charge >= 0.3 is 0 Å². The normalized spacial score (nSPS) is 10.5. The summed E-state index contributed by atoms with van der Waals surface area (Å²) in [4.78, 5) is 0. The van der Waals surface area contributed by atoms with E-state index in [0.717, 1.165) is 10.9 Å². The van der Waals surface area contributed by atoms with Crippen LogP contribution in [0, 0.1) is 0 Å². The Bertz CT molecular complexity index is 215. The Hall–Kier alpha value is 0.660. The summed E-state index contributed by atoms with van der Waals surface area (Å²) in [5, 5.41) is 0. The molecule has 0 fully saturated rings. The Morgan fingerprint density at radius 1 is 1.09 bits per heavy atom. The molecule has 0 aliphatic rings. The van der Waals surface area contributed by atoms with Gasteiger partial charge in [0.25, 0.3) is 0 Å². The predicted octanol–water partition coefficient (Wildman–Crippen LogP) is 4.11. The Balaban J connectivity index is 2.66. The highest BCUT2D eigenvalue weighted by atomic mass is 79.9. The molecule has 11 heavy (non-hydrogen) atoms. The molecule has 0 unspecified atom stereocenters. The van der Waals surface area contributed by atoms with Gasteiger partial charge in [0.1, 0.15) is 0 Å². The van der Waals surface area contributed by atoms with Crippen molar-refractivity contribution in [3.63, 3.8) is 0 Å². The van der Waals surface area contributed by atoms with Crippen LogP contribution in [0.15, 0.2) is 28.7 Å². The zero-order chi connectivity index (χ0) is 8.27. The summed E-state index contributed by atoms with van der Waals surface area (Å²) in [7, 11) is 0. The summed E-state index contributed by atoms with van der Waals surface area (Å²) in [5.74, 6) is 0. The van der Waals surface area contributed by atoms with Crippen LogP contribution in [0.1, 0.15) is 5.56 Å². The minimum atomic E-state index is 0.371.